The van der Waals surface area contributed by atoms with E-state index in [0.717, 1.165) is 18.6 Å². The zero-order valence-corrected chi connectivity index (χ0v) is 21.8. The number of benzene rings is 2. The van der Waals surface area contributed by atoms with Crippen LogP contribution >= 0.6 is 0 Å². The summed E-state index contributed by atoms with van der Waals surface area (Å²) in [4.78, 5) is 9.01. The Labute approximate surface area is 220 Å². The molecule has 0 amide bonds. The van der Waals surface area contributed by atoms with Gasteiger partial charge in [0.15, 0.2) is 27.1 Å². The van der Waals surface area contributed by atoms with Crippen molar-refractivity contribution >= 4 is 15.7 Å². The lowest BCUT2D eigenvalue weighted by Gasteiger charge is -2.11. The van der Waals surface area contributed by atoms with E-state index in [0.29, 0.717) is 30.1 Å². The molecule has 2 aromatic carbocycles. The number of nitrogens with two attached hydrogens (primary N) is 1. The standard InChI is InChI=1S/C27H28FN5O4S/c1-16(2)38(34,35)20-6-4-18(5-7-20)24-14-31-27(29)26(32-24)25-12-23(33-37-25)21-8-3-17(11-22(21)28)13-30-19-9-10-36-15-19/h3-8,11-12,14,16,19,30H,9-10,13,15H2,1-2H3,(H2,29,31)/t19-/m1/s1. The Morgan fingerprint density at radius 3 is 2.61 bits per heavy atom. The summed E-state index contributed by atoms with van der Waals surface area (Å²) in [6.45, 7) is 5.22. The van der Waals surface area contributed by atoms with Crippen LogP contribution in [0.5, 0.6) is 0 Å². The number of nitrogen functional groups attached to an aromatic ring is 1. The molecule has 0 unspecified atom stereocenters. The average Bonchev–Trinajstić information content (AvgIpc) is 3.60. The van der Waals surface area contributed by atoms with Gasteiger partial charge in [-0.1, -0.05) is 23.4 Å². The lowest BCUT2D eigenvalue weighted by Crippen LogP contribution is -2.28. The van der Waals surface area contributed by atoms with Gasteiger partial charge in [-0.05, 0) is 50.1 Å². The molecule has 9 nitrogen and oxygen atoms in total. The van der Waals surface area contributed by atoms with Crippen molar-refractivity contribution in [3.05, 3.63) is 66.1 Å². The van der Waals surface area contributed by atoms with E-state index >= 15 is 0 Å². The van der Waals surface area contributed by atoms with Gasteiger partial charge in [0, 0.05) is 36.4 Å². The van der Waals surface area contributed by atoms with E-state index in [9.17, 15) is 12.8 Å². The maximum atomic E-state index is 14.9. The summed E-state index contributed by atoms with van der Waals surface area (Å²) in [6.07, 6.45) is 2.44. The lowest BCUT2D eigenvalue weighted by atomic mass is 10.1. The fourth-order valence-corrected chi connectivity index (χ4v) is 5.21. The Morgan fingerprint density at radius 1 is 1.13 bits per heavy atom. The van der Waals surface area contributed by atoms with Gasteiger partial charge in [-0.25, -0.2) is 22.8 Å². The van der Waals surface area contributed by atoms with E-state index in [-0.39, 0.29) is 33.8 Å². The normalized spacial score (nSPS) is 15.8. The molecule has 3 heterocycles. The lowest BCUT2D eigenvalue weighted by molar-refractivity contribution is 0.190. The molecule has 0 radical (unpaired) electrons. The highest BCUT2D eigenvalue weighted by Crippen LogP contribution is 2.31. The second kappa shape index (κ2) is 10.6. The number of nitrogens with one attached hydrogen (secondary N) is 1. The highest BCUT2D eigenvalue weighted by Gasteiger charge is 2.21. The number of hydrogen-bond acceptors (Lipinski definition) is 9. The van der Waals surface area contributed by atoms with Crippen LogP contribution in [-0.4, -0.2) is 48.0 Å². The van der Waals surface area contributed by atoms with Crippen LogP contribution in [0.1, 0.15) is 25.8 Å². The minimum atomic E-state index is -3.39. The minimum absolute atomic E-state index is 0.119. The van der Waals surface area contributed by atoms with Crippen molar-refractivity contribution in [2.75, 3.05) is 18.9 Å². The van der Waals surface area contributed by atoms with Crippen LogP contribution in [0.25, 0.3) is 34.0 Å². The van der Waals surface area contributed by atoms with E-state index in [2.05, 4.69) is 20.4 Å². The van der Waals surface area contributed by atoms with Crippen molar-refractivity contribution in [2.45, 2.75) is 43.0 Å². The summed E-state index contributed by atoms with van der Waals surface area (Å²) in [6, 6.07) is 13.2. The van der Waals surface area contributed by atoms with Gasteiger partial charge < -0.3 is 20.3 Å². The molecule has 5 rings (SSSR count). The molecule has 2 aromatic heterocycles. The molecule has 1 fully saturated rings. The third kappa shape index (κ3) is 5.31. The molecule has 0 spiro atoms. The highest BCUT2D eigenvalue weighted by atomic mass is 32.2. The fourth-order valence-electron chi connectivity index (χ4n) is 4.15. The Kier molecular flexibility index (Phi) is 7.24. The third-order valence-electron chi connectivity index (χ3n) is 6.48. The quantitative estimate of drug-likeness (QED) is 0.338. The fraction of sp³-hybridized carbons (Fsp3) is 0.296. The third-order valence-corrected chi connectivity index (χ3v) is 8.65. The monoisotopic (exact) mass is 537 g/mol. The first-order chi connectivity index (χ1) is 18.2. The number of nitrogens with zero attached hydrogens (tertiary/aromatic N) is 3. The van der Waals surface area contributed by atoms with Crippen molar-refractivity contribution in [2.24, 2.45) is 0 Å². The highest BCUT2D eigenvalue weighted by molar-refractivity contribution is 7.92. The zero-order valence-electron chi connectivity index (χ0n) is 21.0. The Hall–Kier alpha value is -3.67. The molecule has 1 aliphatic heterocycles. The van der Waals surface area contributed by atoms with Gasteiger partial charge in [0.05, 0.1) is 28.6 Å². The number of ether oxygens (including phenoxy) is 1. The molecule has 1 saturated heterocycles. The Balaban J connectivity index is 1.37. The van der Waals surface area contributed by atoms with Crippen molar-refractivity contribution in [3.63, 3.8) is 0 Å². The summed E-state index contributed by atoms with van der Waals surface area (Å²) in [5.74, 6) is -0.0680. The van der Waals surface area contributed by atoms with Crippen LogP contribution in [0.15, 0.2) is 64.1 Å². The predicted octanol–water partition coefficient (Wildman–Crippen LogP) is 4.25. The molecule has 38 heavy (non-hydrogen) atoms. The molecular weight excluding hydrogens is 509 g/mol. The summed E-state index contributed by atoms with van der Waals surface area (Å²) >= 11 is 0. The van der Waals surface area contributed by atoms with Gasteiger partial charge in [-0.2, -0.15) is 0 Å². The van der Waals surface area contributed by atoms with E-state index in [4.69, 9.17) is 15.0 Å². The van der Waals surface area contributed by atoms with Crippen molar-refractivity contribution < 1.29 is 22.1 Å². The number of aromatic nitrogens is 3. The molecule has 198 valence electrons. The molecule has 0 aliphatic carbocycles. The van der Waals surface area contributed by atoms with Gasteiger partial charge in [0.25, 0.3) is 0 Å². The molecule has 0 bridgehead atoms. The van der Waals surface area contributed by atoms with Crippen LogP contribution in [-0.2, 0) is 21.1 Å². The zero-order chi connectivity index (χ0) is 26.9. The number of hydrogen-bond donors (Lipinski definition) is 2. The van der Waals surface area contributed by atoms with E-state index in [1.807, 2.05) is 6.07 Å². The molecule has 11 heteroatoms. The number of rotatable bonds is 8. The second-order valence-corrected chi connectivity index (χ2v) is 11.9. The summed E-state index contributed by atoms with van der Waals surface area (Å²) in [7, 11) is -3.39. The first-order valence-electron chi connectivity index (χ1n) is 12.3. The van der Waals surface area contributed by atoms with Crippen molar-refractivity contribution in [1.82, 2.24) is 20.4 Å². The van der Waals surface area contributed by atoms with Crippen LogP contribution < -0.4 is 11.1 Å². The largest absolute Gasteiger partial charge is 0.382 e. The van der Waals surface area contributed by atoms with Crippen LogP contribution in [0, 0.1) is 5.82 Å². The number of anilines is 1. The first-order valence-corrected chi connectivity index (χ1v) is 13.8. The van der Waals surface area contributed by atoms with Crippen LogP contribution in [0.2, 0.25) is 0 Å². The number of sulfone groups is 1. The number of halogens is 1. The van der Waals surface area contributed by atoms with E-state index in [1.54, 1.807) is 50.2 Å². The second-order valence-electron chi connectivity index (χ2n) is 9.44. The van der Waals surface area contributed by atoms with Gasteiger partial charge >= 0.3 is 0 Å². The van der Waals surface area contributed by atoms with E-state index < -0.39 is 20.9 Å². The van der Waals surface area contributed by atoms with Crippen LogP contribution in [0.4, 0.5) is 10.2 Å². The predicted molar refractivity (Wildman–Crippen MR) is 141 cm³/mol. The minimum Gasteiger partial charge on any atom is -0.382 e. The summed E-state index contributed by atoms with van der Waals surface area (Å²) in [5, 5.41) is 6.86. The summed E-state index contributed by atoms with van der Waals surface area (Å²) < 4.78 is 50.6. The van der Waals surface area contributed by atoms with Gasteiger partial charge in [0.1, 0.15) is 11.5 Å². The van der Waals surface area contributed by atoms with Gasteiger partial charge in [-0.3, -0.25) is 0 Å². The van der Waals surface area contributed by atoms with Crippen LogP contribution in [0.3, 0.4) is 0 Å². The molecular formula is C27H28FN5O4S. The molecule has 4 aromatic rings. The average molecular weight is 538 g/mol. The smallest absolute Gasteiger partial charge is 0.189 e. The van der Waals surface area contributed by atoms with Crippen molar-refractivity contribution in [3.8, 4) is 34.0 Å². The Morgan fingerprint density at radius 2 is 1.92 bits per heavy atom. The molecule has 3 N–H and O–H groups in total. The molecule has 1 aliphatic rings. The molecule has 1 atom stereocenters. The maximum absolute atomic E-state index is 14.9. The first kappa shape index (κ1) is 26.0. The molecule has 0 saturated carbocycles. The van der Waals surface area contributed by atoms with Gasteiger partial charge in [0.2, 0.25) is 0 Å². The maximum Gasteiger partial charge on any atom is 0.189 e. The summed E-state index contributed by atoms with van der Waals surface area (Å²) in [5.41, 5.74) is 8.85. The van der Waals surface area contributed by atoms with Crippen molar-refractivity contribution in [1.29, 1.82) is 0 Å². The van der Waals surface area contributed by atoms with E-state index in [1.165, 1.54) is 12.3 Å². The Bertz CT molecular complexity index is 1550. The SMILES string of the molecule is CC(C)S(=O)(=O)c1ccc(-c2cnc(N)c(-c3cc(-c4ccc(CN[C@@H]5CCOC5)cc4F)no3)n2)cc1. The van der Waals surface area contributed by atoms with Gasteiger partial charge in [-0.15, -0.1) is 0 Å². The topological polar surface area (TPSA) is 133 Å².